The third-order valence-corrected chi connectivity index (χ3v) is 7.37. The molecule has 1 aliphatic rings. The molecule has 45 heavy (non-hydrogen) atoms. The first kappa shape index (κ1) is 31.0. The molecule has 0 saturated carbocycles. The molecule has 2 heterocycles. The number of Topliss-reactive ketones (excluding diaryl/α,β-unsaturated/α-hetero) is 1. The summed E-state index contributed by atoms with van der Waals surface area (Å²) in [5.74, 6) is -12.9. The van der Waals surface area contributed by atoms with Gasteiger partial charge in [-0.1, -0.05) is 25.1 Å². The smallest absolute Gasteiger partial charge is 0.323 e. The monoisotopic (exact) mass is 628 g/mol. The number of nitrogens with one attached hydrogen (secondary N) is 3. The van der Waals surface area contributed by atoms with Crippen LogP contribution >= 0.6 is 0 Å². The summed E-state index contributed by atoms with van der Waals surface area (Å²) in [6, 6.07) is 7.40. The summed E-state index contributed by atoms with van der Waals surface area (Å²) in [6.45, 7) is 0.403. The standard InChI is InChI=1S/C30H24F4N4O7/c1-2-22(28(42)35-21(10-24(40)41)23(39)12-45-27-25(33)17(31)9-18(32)26(27)34)38-11-15-4-3-13(7-16(15)29(38)43)14-5-6-19-20(8-14)37-30(44)36-19/h3-9,21-22H,2,10-12H2,1H3,(H,35,42)(H,40,41)(H2,36,37,44)/t21-,22-/m0/s1. The minimum atomic E-state index is -1.90. The SMILES string of the molecule is CC[C@@H](C(=O)N[C@@H](CC(=O)O)C(=O)COc1c(F)c(F)cc(F)c1F)N1Cc2ccc(-c3ccc4[nH]c(=O)[nH]c4c3)cc2C1=O. The number of benzene rings is 3. The molecule has 15 heteroatoms. The Bertz CT molecular complexity index is 1900. The van der Waals surface area contributed by atoms with Crippen molar-refractivity contribution in [1.82, 2.24) is 20.2 Å². The lowest BCUT2D eigenvalue weighted by atomic mass is 10.00. The van der Waals surface area contributed by atoms with E-state index in [0.29, 0.717) is 27.7 Å². The van der Waals surface area contributed by atoms with Gasteiger partial charge in [-0.3, -0.25) is 19.2 Å². The number of carboxylic acids is 1. The molecule has 4 N–H and O–H groups in total. The van der Waals surface area contributed by atoms with Gasteiger partial charge in [0.15, 0.2) is 23.2 Å². The van der Waals surface area contributed by atoms with Crippen LogP contribution in [0.4, 0.5) is 17.6 Å². The highest BCUT2D eigenvalue weighted by molar-refractivity contribution is 6.03. The molecule has 0 spiro atoms. The van der Waals surface area contributed by atoms with Gasteiger partial charge in [-0.05, 0) is 41.3 Å². The first-order valence-corrected chi connectivity index (χ1v) is 13.5. The average molecular weight is 629 g/mol. The molecule has 3 aromatic carbocycles. The van der Waals surface area contributed by atoms with Crippen molar-refractivity contribution in [2.75, 3.05) is 6.61 Å². The number of carboxylic acid groups (broad SMARTS) is 1. The van der Waals surface area contributed by atoms with E-state index in [2.05, 4.69) is 20.0 Å². The zero-order valence-corrected chi connectivity index (χ0v) is 23.4. The Morgan fingerprint density at radius 3 is 2.27 bits per heavy atom. The van der Waals surface area contributed by atoms with Crippen LogP contribution in [-0.2, 0) is 20.9 Å². The predicted octanol–water partition coefficient (Wildman–Crippen LogP) is 3.42. The molecule has 0 radical (unpaired) electrons. The second-order valence-electron chi connectivity index (χ2n) is 10.3. The third kappa shape index (κ3) is 6.14. The maximum atomic E-state index is 13.9. The third-order valence-electron chi connectivity index (χ3n) is 7.37. The molecular weight excluding hydrogens is 604 g/mol. The van der Waals surface area contributed by atoms with E-state index >= 15 is 0 Å². The fraction of sp³-hybridized carbons (Fsp3) is 0.233. The lowest BCUT2D eigenvalue weighted by Gasteiger charge is -2.27. The number of ether oxygens (including phenoxy) is 1. The number of amides is 2. The fourth-order valence-electron chi connectivity index (χ4n) is 5.12. The molecule has 0 unspecified atom stereocenters. The molecule has 11 nitrogen and oxygen atoms in total. The minimum absolute atomic E-state index is 0.0366. The molecule has 0 aliphatic carbocycles. The average Bonchev–Trinajstić information content (AvgIpc) is 3.53. The number of imidazole rings is 1. The van der Waals surface area contributed by atoms with Gasteiger partial charge in [0.2, 0.25) is 17.5 Å². The van der Waals surface area contributed by atoms with Crippen LogP contribution in [0.2, 0.25) is 0 Å². The van der Waals surface area contributed by atoms with Crippen LogP contribution in [0, 0.1) is 23.3 Å². The summed E-state index contributed by atoms with van der Waals surface area (Å²) >= 11 is 0. The summed E-state index contributed by atoms with van der Waals surface area (Å²) in [5, 5.41) is 11.5. The van der Waals surface area contributed by atoms with E-state index in [1.807, 2.05) is 0 Å². The van der Waals surface area contributed by atoms with Crippen molar-refractivity contribution in [2.45, 2.75) is 38.4 Å². The quantitative estimate of drug-likeness (QED) is 0.146. The number of aliphatic carboxylic acids is 1. The number of halogens is 4. The Kier molecular flexibility index (Phi) is 8.44. The number of aromatic amines is 2. The molecule has 0 fully saturated rings. The van der Waals surface area contributed by atoms with Gasteiger partial charge < -0.3 is 30.0 Å². The van der Waals surface area contributed by atoms with Gasteiger partial charge in [0.05, 0.1) is 17.5 Å². The van der Waals surface area contributed by atoms with Gasteiger partial charge in [-0.2, -0.15) is 8.78 Å². The summed E-state index contributed by atoms with van der Waals surface area (Å²) < 4.78 is 59.5. The molecule has 234 valence electrons. The number of aromatic nitrogens is 2. The zero-order valence-electron chi connectivity index (χ0n) is 23.4. The van der Waals surface area contributed by atoms with Crippen molar-refractivity contribution in [2.24, 2.45) is 0 Å². The van der Waals surface area contributed by atoms with Crippen LogP contribution in [0.1, 0.15) is 35.7 Å². The number of carbonyl (C=O) groups is 4. The highest BCUT2D eigenvalue weighted by Gasteiger charge is 2.37. The van der Waals surface area contributed by atoms with E-state index < -0.39 is 77.7 Å². The summed E-state index contributed by atoms with van der Waals surface area (Å²) in [7, 11) is 0. The summed E-state index contributed by atoms with van der Waals surface area (Å²) in [4.78, 5) is 69.2. The van der Waals surface area contributed by atoms with Gasteiger partial charge in [-0.25, -0.2) is 13.6 Å². The van der Waals surface area contributed by atoms with Crippen molar-refractivity contribution in [1.29, 1.82) is 0 Å². The van der Waals surface area contributed by atoms with Crippen molar-refractivity contribution in [3.8, 4) is 16.9 Å². The maximum Gasteiger partial charge on any atom is 0.323 e. The molecule has 1 aromatic heterocycles. The zero-order chi connectivity index (χ0) is 32.6. The van der Waals surface area contributed by atoms with Crippen molar-refractivity contribution in [3.05, 3.63) is 87.3 Å². The minimum Gasteiger partial charge on any atom is -0.481 e. The Hall–Kier alpha value is -5.47. The number of carbonyl (C=O) groups excluding carboxylic acids is 3. The van der Waals surface area contributed by atoms with Gasteiger partial charge >= 0.3 is 11.7 Å². The Morgan fingerprint density at radius 2 is 1.60 bits per heavy atom. The van der Waals surface area contributed by atoms with Gasteiger partial charge in [0.25, 0.3) is 5.91 Å². The normalized spacial score (nSPS) is 13.9. The number of ketones is 1. The highest BCUT2D eigenvalue weighted by atomic mass is 19.2. The number of hydrogen-bond acceptors (Lipinski definition) is 6. The number of nitrogens with zero attached hydrogens (tertiary/aromatic N) is 1. The fourth-order valence-corrected chi connectivity index (χ4v) is 5.12. The van der Waals surface area contributed by atoms with Crippen LogP contribution in [0.25, 0.3) is 22.2 Å². The van der Waals surface area contributed by atoms with E-state index in [9.17, 15) is 46.6 Å². The summed E-state index contributed by atoms with van der Waals surface area (Å²) in [5.41, 5.74) is 3.14. The van der Waals surface area contributed by atoms with Crippen LogP contribution in [0.3, 0.4) is 0 Å². The molecule has 0 saturated heterocycles. The van der Waals surface area contributed by atoms with Crippen LogP contribution in [-0.4, -0.2) is 62.2 Å². The number of fused-ring (bicyclic) bond motifs is 2. The maximum absolute atomic E-state index is 13.9. The number of rotatable bonds is 11. The number of hydrogen-bond donors (Lipinski definition) is 4. The van der Waals surface area contributed by atoms with Crippen LogP contribution in [0.15, 0.2) is 47.3 Å². The predicted molar refractivity (Wildman–Crippen MR) is 149 cm³/mol. The molecular formula is C30H24F4N4O7. The highest BCUT2D eigenvalue weighted by Crippen LogP contribution is 2.31. The van der Waals surface area contributed by atoms with E-state index in [0.717, 1.165) is 5.56 Å². The molecule has 2 amide bonds. The van der Waals surface area contributed by atoms with E-state index in [1.165, 1.54) is 4.90 Å². The van der Waals surface area contributed by atoms with Crippen LogP contribution < -0.4 is 15.7 Å². The van der Waals surface area contributed by atoms with E-state index in [-0.39, 0.29) is 24.7 Å². The van der Waals surface area contributed by atoms with Gasteiger partial charge in [0.1, 0.15) is 18.7 Å². The van der Waals surface area contributed by atoms with E-state index in [4.69, 9.17) is 0 Å². The van der Waals surface area contributed by atoms with Crippen LogP contribution in [0.5, 0.6) is 5.75 Å². The lowest BCUT2D eigenvalue weighted by molar-refractivity contribution is -0.141. The van der Waals surface area contributed by atoms with Crippen molar-refractivity contribution in [3.63, 3.8) is 0 Å². The second-order valence-corrected chi connectivity index (χ2v) is 10.3. The van der Waals surface area contributed by atoms with Crippen molar-refractivity contribution < 1.29 is 46.6 Å². The molecule has 5 rings (SSSR count). The largest absolute Gasteiger partial charge is 0.481 e. The van der Waals surface area contributed by atoms with Gasteiger partial charge in [0, 0.05) is 18.2 Å². The molecule has 4 aromatic rings. The van der Waals surface area contributed by atoms with Crippen molar-refractivity contribution >= 4 is 34.6 Å². The second kappa shape index (κ2) is 12.3. The first-order chi connectivity index (χ1) is 21.4. The van der Waals surface area contributed by atoms with E-state index in [1.54, 1.807) is 43.3 Å². The number of H-pyrrole nitrogens is 2. The van der Waals surface area contributed by atoms with Gasteiger partial charge in [-0.15, -0.1) is 0 Å². The lowest BCUT2D eigenvalue weighted by Crippen LogP contribution is -2.52. The Balaban J connectivity index is 1.31. The molecule has 2 atom stereocenters. The topological polar surface area (TPSA) is 162 Å². The molecule has 1 aliphatic heterocycles. The first-order valence-electron chi connectivity index (χ1n) is 13.5. The summed E-state index contributed by atoms with van der Waals surface area (Å²) in [6.07, 6.45) is -0.888. The Labute approximate surface area is 250 Å². The molecule has 0 bridgehead atoms. The Morgan fingerprint density at radius 1 is 0.956 bits per heavy atom.